The van der Waals surface area contributed by atoms with E-state index in [1.807, 2.05) is 28.8 Å². The number of nitrogens with zero attached hydrogens (tertiary/aromatic N) is 3. The first kappa shape index (κ1) is 17.9. The van der Waals surface area contributed by atoms with Gasteiger partial charge < -0.3 is 9.72 Å². The normalized spacial score (nSPS) is 17.1. The number of carbonyl (C=O) groups excluding carboxylic acids is 1. The lowest BCUT2D eigenvalue weighted by molar-refractivity contribution is 0.0927. The van der Waals surface area contributed by atoms with Crippen LogP contribution in [0.2, 0.25) is 0 Å². The maximum atomic E-state index is 12.7. The van der Waals surface area contributed by atoms with Crippen LogP contribution in [-0.4, -0.2) is 45.9 Å². The lowest BCUT2D eigenvalue weighted by Crippen LogP contribution is -2.44. The van der Waals surface area contributed by atoms with Crippen LogP contribution >= 0.6 is 0 Å². The number of rotatable bonds is 6. The maximum Gasteiger partial charge on any atom is 0.272 e. The summed E-state index contributed by atoms with van der Waals surface area (Å²) >= 11 is 0. The zero-order valence-electron chi connectivity index (χ0n) is 15.7. The summed E-state index contributed by atoms with van der Waals surface area (Å²) in [6.07, 6.45) is 6.72. The van der Waals surface area contributed by atoms with Crippen LogP contribution in [-0.2, 0) is 6.42 Å². The predicted molar refractivity (Wildman–Crippen MR) is 101 cm³/mol. The number of imidazole rings is 1. The summed E-state index contributed by atoms with van der Waals surface area (Å²) in [4.78, 5) is 19.9. The number of hydrogen-bond acceptors (Lipinski definition) is 3. The van der Waals surface area contributed by atoms with Crippen LogP contribution in [0.3, 0.4) is 0 Å². The first-order valence-electron chi connectivity index (χ1n) is 9.54. The summed E-state index contributed by atoms with van der Waals surface area (Å²) in [5.74, 6) is 1.39. The van der Waals surface area contributed by atoms with Crippen molar-refractivity contribution in [2.45, 2.75) is 52.5 Å². The molecule has 2 aromatic heterocycles. The van der Waals surface area contributed by atoms with Crippen molar-refractivity contribution in [2.24, 2.45) is 5.92 Å². The third-order valence-corrected chi connectivity index (χ3v) is 5.00. The molecule has 5 heteroatoms. The number of carbonyl (C=O) groups is 1. The van der Waals surface area contributed by atoms with Gasteiger partial charge in [0.25, 0.3) is 5.91 Å². The highest BCUT2D eigenvalue weighted by molar-refractivity contribution is 5.99. The number of piperidine rings is 1. The maximum absolute atomic E-state index is 12.7. The number of amides is 1. The van der Waals surface area contributed by atoms with Gasteiger partial charge in [0.2, 0.25) is 0 Å². The number of fused-ring (bicyclic) bond motifs is 1. The zero-order valence-corrected chi connectivity index (χ0v) is 15.7. The molecule has 0 aliphatic carbocycles. The molecule has 1 unspecified atom stereocenters. The van der Waals surface area contributed by atoms with Gasteiger partial charge in [0.1, 0.15) is 5.82 Å². The van der Waals surface area contributed by atoms with Crippen LogP contribution < -0.4 is 5.32 Å². The smallest absolute Gasteiger partial charge is 0.272 e. The van der Waals surface area contributed by atoms with Crippen molar-refractivity contribution in [3.63, 3.8) is 0 Å². The van der Waals surface area contributed by atoms with E-state index < -0.39 is 0 Å². The average Bonchev–Trinajstić information content (AvgIpc) is 2.98. The Kier molecular flexibility index (Phi) is 5.74. The van der Waals surface area contributed by atoms with Crippen molar-refractivity contribution in [3.05, 3.63) is 35.9 Å². The minimum Gasteiger partial charge on any atom is -0.349 e. The molecule has 0 aromatic carbocycles. The van der Waals surface area contributed by atoms with Crippen molar-refractivity contribution in [3.8, 4) is 0 Å². The Morgan fingerprint density at radius 2 is 1.96 bits per heavy atom. The molecule has 3 heterocycles. The number of nitrogens with one attached hydrogen (secondary N) is 1. The average molecular weight is 342 g/mol. The number of hydrogen-bond donors (Lipinski definition) is 1. The van der Waals surface area contributed by atoms with Crippen LogP contribution in [0.25, 0.3) is 5.52 Å². The molecule has 25 heavy (non-hydrogen) atoms. The van der Waals surface area contributed by atoms with Crippen molar-refractivity contribution >= 4 is 11.4 Å². The molecule has 0 bridgehead atoms. The van der Waals surface area contributed by atoms with Gasteiger partial charge in [-0.05, 0) is 50.9 Å². The lowest BCUT2D eigenvalue weighted by Gasteiger charge is -2.32. The van der Waals surface area contributed by atoms with Crippen molar-refractivity contribution in [1.29, 1.82) is 0 Å². The second-order valence-corrected chi connectivity index (χ2v) is 7.59. The predicted octanol–water partition coefficient (Wildman–Crippen LogP) is 3.14. The second kappa shape index (κ2) is 8.00. The Labute approximate surface area is 150 Å². The van der Waals surface area contributed by atoms with Gasteiger partial charge in [-0.15, -0.1) is 0 Å². The molecule has 1 atom stereocenters. The van der Waals surface area contributed by atoms with Crippen molar-refractivity contribution in [1.82, 2.24) is 19.6 Å². The third-order valence-electron chi connectivity index (χ3n) is 5.00. The Morgan fingerprint density at radius 3 is 2.68 bits per heavy atom. The standard InChI is InChI=1S/C20H30N4O/c1-15(2)13-18-22-19(17-9-5-8-12-24(17)18)20(25)21-14-16(3)23-10-6-4-7-11-23/h5,8-9,12,15-16H,4,6-7,10-11,13-14H2,1-3H3,(H,21,25). The second-order valence-electron chi connectivity index (χ2n) is 7.59. The Balaban J connectivity index is 1.71. The quantitative estimate of drug-likeness (QED) is 0.877. The van der Waals surface area contributed by atoms with Crippen LogP contribution in [0.1, 0.15) is 56.3 Å². The molecule has 0 saturated carbocycles. The van der Waals surface area contributed by atoms with E-state index in [0.29, 0.717) is 24.2 Å². The fourth-order valence-electron chi connectivity index (χ4n) is 3.59. The molecule has 2 aromatic rings. The minimum absolute atomic E-state index is 0.0671. The highest BCUT2D eigenvalue weighted by Gasteiger charge is 2.20. The van der Waals surface area contributed by atoms with Gasteiger partial charge in [-0.25, -0.2) is 4.98 Å². The first-order chi connectivity index (χ1) is 12.1. The number of likely N-dealkylation sites (tertiary alicyclic amines) is 1. The molecule has 1 aliphatic rings. The summed E-state index contributed by atoms with van der Waals surface area (Å²) in [7, 11) is 0. The monoisotopic (exact) mass is 342 g/mol. The third kappa shape index (κ3) is 4.21. The summed E-state index contributed by atoms with van der Waals surface area (Å²) in [5.41, 5.74) is 1.43. The molecule has 136 valence electrons. The number of pyridine rings is 1. The van der Waals surface area contributed by atoms with E-state index in [1.54, 1.807) is 0 Å². The molecule has 0 radical (unpaired) electrons. The van der Waals surface area contributed by atoms with E-state index in [9.17, 15) is 4.79 Å². The van der Waals surface area contributed by atoms with E-state index >= 15 is 0 Å². The summed E-state index contributed by atoms with van der Waals surface area (Å²) < 4.78 is 2.04. The fraction of sp³-hybridized carbons (Fsp3) is 0.600. The van der Waals surface area contributed by atoms with E-state index in [2.05, 4.69) is 36.0 Å². The first-order valence-corrected chi connectivity index (χ1v) is 9.54. The molecule has 1 aliphatic heterocycles. The van der Waals surface area contributed by atoms with Gasteiger partial charge in [0.15, 0.2) is 5.69 Å². The molecule has 1 N–H and O–H groups in total. The zero-order chi connectivity index (χ0) is 17.8. The molecule has 5 nitrogen and oxygen atoms in total. The van der Waals surface area contributed by atoms with Gasteiger partial charge >= 0.3 is 0 Å². The van der Waals surface area contributed by atoms with Crippen LogP contribution in [0.4, 0.5) is 0 Å². The van der Waals surface area contributed by atoms with Gasteiger partial charge in [-0.3, -0.25) is 9.69 Å². The van der Waals surface area contributed by atoms with Crippen molar-refractivity contribution in [2.75, 3.05) is 19.6 Å². The van der Waals surface area contributed by atoms with E-state index in [1.165, 1.54) is 19.3 Å². The van der Waals surface area contributed by atoms with Crippen LogP contribution in [0.5, 0.6) is 0 Å². The van der Waals surface area contributed by atoms with Gasteiger partial charge in [0.05, 0.1) is 5.52 Å². The summed E-state index contributed by atoms with van der Waals surface area (Å²) in [6.45, 7) is 9.49. The minimum atomic E-state index is -0.0671. The highest BCUT2D eigenvalue weighted by atomic mass is 16.1. The Bertz CT molecular complexity index is 716. The van der Waals surface area contributed by atoms with Gasteiger partial charge in [-0.2, -0.15) is 0 Å². The molecule has 1 amide bonds. The topological polar surface area (TPSA) is 49.6 Å². The lowest BCUT2D eigenvalue weighted by atomic mass is 10.1. The van der Waals surface area contributed by atoms with E-state index in [0.717, 1.165) is 30.9 Å². The van der Waals surface area contributed by atoms with E-state index in [-0.39, 0.29) is 5.91 Å². The molecule has 3 rings (SSSR count). The molecule has 0 spiro atoms. The highest BCUT2D eigenvalue weighted by Crippen LogP contribution is 2.16. The SMILES string of the molecule is CC(C)Cc1nc(C(=O)NCC(C)N2CCCCC2)c2ccccn12. The van der Waals surface area contributed by atoms with Crippen LogP contribution in [0, 0.1) is 5.92 Å². The number of aromatic nitrogens is 2. The van der Waals surface area contributed by atoms with Crippen molar-refractivity contribution < 1.29 is 4.79 Å². The summed E-state index contributed by atoms with van der Waals surface area (Å²) in [5, 5.41) is 3.10. The van der Waals surface area contributed by atoms with Gasteiger partial charge in [0, 0.05) is 25.2 Å². The largest absolute Gasteiger partial charge is 0.349 e. The van der Waals surface area contributed by atoms with E-state index in [4.69, 9.17) is 0 Å². The molecule has 1 saturated heterocycles. The Morgan fingerprint density at radius 1 is 1.20 bits per heavy atom. The fourth-order valence-corrected chi connectivity index (χ4v) is 3.59. The molecule has 1 fully saturated rings. The molecular formula is C20H30N4O. The van der Waals surface area contributed by atoms with Gasteiger partial charge in [-0.1, -0.05) is 26.3 Å². The Hall–Kier alpha value is -1.88. The summed E-state index contributed by atoms with van der Waals surface area (Å²) in [6, 6.07) is 6.29. The molecular weight excluding hydrogens is 312 g/mol. The van der Waals surface area contributed by atoms with Crippen LogP contribution in [0.15, 0.2) is 24.4 Å².